The molecule has 0 saturated carbocycles. The standard InChI is InChI=1S/C17H26N2O3S/c1-12-4-5-16(23-12)17(20)19-7-6-15(22-3)13-10-18(8-9-21-2)11-14(13)19/h4-5,13-15H,6-11H2,1-3H3/t13-,14+,15-/m0/s1. The van der Waals surface area contributed by atoms with Crippen molar-refractivity contribution in [2.45, 2.75) is 25.5 Å². The van der Waals surface area contributed by atoms with Crippen molar-refractivity contribution in [2.75, 3.05) is 47.0 Å². The van der Waals surface area contributed by atoms with E-state index in [-0.39, 0.29) is 18.1 Å². The molecule has 2 saturated heterocycles. The van der Waals surface area contributed by atoms with Crippen LogP contribution in [-0.2, 0) is 9.47 Å². The van der Waals surface area contributed by atoms with E-state index in [0.717, 1.165) is 44.1 Å². The highest BCUT2D eigenvalue weighted by Gasteiger charge is 2.46. The smallest absolute Gasteiger partial charge is 0.264 e. The lowest BCUT2D eigenvalue weighted by Gasteiger charge is -2.41. The van der Waals surface area contributed by atoms with Gasteiger partial charge in [0.15, 0.2) is 0 Å². The molecule has 3 atom stereocenters. The summed E-state index contributed by atoms with van der Waals surface area (Å²) < 4.78 is 10.9. The fourth-order valence-electron chi connectivity index (χ4n) is 3.87. The Balaban J connectivity index is 1.75. The lowest BCUT2D eigenvalue weighted by atomic mass is 9.89. The van der Waals surface area contributed by atoms with Crippen molar-refractivity contribution in [1.82, 2.24) is 9.80 Å². The Kier molecular flexibility index (Phi) is 5.36. The number of amides is 1. The van der Waals surface area contributed by atoms with Crippen LogP contribution < -0.4 is 0 Å². The summed E-state index contributed by atoms with van der Waals surface area (Å²) in [5.41, 5.74) is 0. The average molecular weight is 338 g/mol. The summed E-state index contributed by atoms with van der Waals surface area (Å²) in [6, 6.07) is 4.23. The Morgan fingerprint density at radius 3 is 2.83 bits per heavy atom. The molecule has 3 heterocycles. The molecule has 2 fully saturated rings. The summed E-state index contributed by atoms with van der Waals surface area (Å²) in [6.07, 6.45) is 1.17. The number of carbonyl (C=O) groups excluding carboxylic acids is 1. The van der Waals surface area contributed by atoms with E-state index >= 15 is 0 Å². The SMILES string of the molecule is COCCN1C[C@@H]2[C@@H](OC)CCN(C(=O)c3ccc(C)s3)[C@@H]2C1. The fraction of sp³-hybridized carbons (Fsp3) is 0.706. The Labute approximate surface area is 142 Å². The van der Waals surface area contributed by atoms with Gasteiger partial charge in [0.2, 0.25) is 0 Å². The largest absolute Gasteiger partial charge is 0.383 e. The summed E-state index contributed by atoms with van der Waals surface area (Å²) in [5.74, 6) is 0.580. The number of nitrogens with zero attached hydrogens (tertiary/aromatic N) is 2. The number of rotatable bonds is 5. The Morgan fingerprint density at radius 1 is 1.35 bits per heavy atom. The van der Waals surface area contributed by atoms with Crippen LogP contribution in [0.3, 0.4) is 0 Å². The number of likely N-dealkylation sites (tertiary alicyclic amines) is 2. The van der Waals surface area contributed by atoms with Crippen LogP contribution in [0.2, 0.25) is 0 Å². The number of hydrogen-bond donors (Lipinski definition) is 0. The van der Waals surface area contributed by atoms with E-state index in [4.69, 9.17) is 9.47 Å². The number of ether oxygens (including phenoxy) is 2. The third kappa shape index (κ3) is 3.45. The molecule has 3 rings (SSSR count). The molecule has 0 radical (unpaired) electrons. The van der Waals surface area contributed by atoms with Crippen molar-refractivity contribution in [3.63, 3.8) is 0 Å². The predicted octanol–water partition coefficient (Wildman–Crippen LogP) is 1.86. The molecule has 1 aromatic rings. The second-order valence-electron chi connectivity index (χ2n) is 6.46. The number of hydrogen-bond acceptors (Lipinski definition) is 5. The first-order valence-electron chi connectivity index (χ1n) is 8.25. The molecular formula is C17H26N2O3S. The number of fused-ring (bicyclic) bond motifs is 1. The van der Waals surface area contributed by atoms with E-state index in [1.807, 2.05) is 19.1 Å². The number of carbonyl (C=O) groups is 1. The number of methoxy groups -OCH3 is 2. The maximum Gasteiger partial charge on any atom is 0.264 e. The van der Waals surface area contributed by atoms with Crippen LogP contribution in [-0.4, -0.2) is 74.9 Å². The van der Waals surface area contributed by atoms with Crippen LogP contribution >= 0.6 is 11.3 Å². The molecule has 1 amide bonds. The first-order chi connectivity index (χ1) is 11.1. The molecule has 0 N–H and O–H groups in total. The molecule has 6 heteroatoms. The summed E-state index contributed by atoms with van der Waals surface area (Å²) in [7, 11) is 3.52. The normalized spacial score (nSPS) is 28.1. The van der Waals surface area contributed by atoms with Gasteiger partial charge >= 0.3 is 0 Å². The molecule has 2 aliphatic rings. The van der Waals surface area contributed by atoms with Crippen molar-refractivity contribution in [1.29, 1.82) is 0 Å². The molecule has 23 heavy (non-hydrogen) atoms. The second kappa shape index (κ2) is 7.30. The van der Waals surface area contributed by atoms with Gasteiger partial charge in [-0.15, -0.1) is 11.3 Å². The molecule has 5 nitrogen and oxygen atoms in total. The highest BCUT2D eigenvalue weighted by Crippen LogP contribution is 2.34. The minimum absolute atomic E-state index is 0.182. The quantitative estimate of drug-likeness (QED) is 0.822. The maximum absolute atomic E-state index is 12.9. The van der Waals surface area contributed by atoms with Crippen LogP contribution in [0, 0.1) is 12.8 Å². The van der Waals surface area contributed by atoms with E-state index in [1.54, 1.807) is 25.6 Å². The zero-order chi connectivity index (χ0) is 16.4. The molecule has 0 aliphatic carbocycles. The monoisotopic (exact) mass is 338 g/mol. The third-order valence-electron chi connectivity index (χ3n) is 5.07. The molecule has 0 aromatic carbocycles. The van der Waals surface area contributed by atoms with Crippen molar-refractivity contribution < 1.29 is 14.3 Å². The molecule has 2 aliphatic heterocycles. The highest BCUT2D eigenvalue weighted by molar-refractivity contribution is 7.13. The molecule has 0 unspecified atom stereocenters. The van der Waals surface area contributed by atoms with Gasteiger partial charge in [-0.1, -0.05) is 0 Å². The van der Waals surface area contributed by atoms with Gasteiger partial charge in [-0.05, 0) is 25.5 Å². The number of thiophene rings is 1. The lowest BCUT2D eigenvalue weighted by Crippen LogP contribution is -2.53. The number of aryl methyl sites for hydroxylation is 1. The second-order valence-corrected chi connectivity index (χ2v) is 7.74. The summed E-state index contributed by atoms with van der Waals surface area (Å²) >= 11 is 1.59. The first kappa shape index (κ1) is 16.9. The minimum Gasteiger partial charge on any atom is -0.383 e. The van der Waals surface area contributed by atoms with E-state index in [1.165, 1.54) is 4.88 Å². The summed E-state index contributed by atoms with van der Waals surface area (Å²) in [6.45, 7) is 6.38. The Bertz CT molecular complexity index is 548. The van der Waals surface area contributed by atoms with E-state index < -0.39 is 0 Å². The first-order valence-corrected chi connectivity index (χ1v) is 9.07. The van der Waals surface area contributed by atoms with Gasteiger partial charge in [-0.2, -0.15) is 0 Å². The van der Waals surface area contributed by atoms with E-state index in [0.29, 0.717) is 5.92 Å². The topological polar surface area (TPSA) is 42.0 Å². The molecular weight excluding hydrogens is 312 g/mol. The molecule has 0 bridgehead atoms. The zero-order valence-electron chi connectivity index (χ0n) is 14.2. The fourth-order valence-corrected chi connectivity index (χ4v) is 4.70. The maximum atomic E-state index is 12.9. The van der Waals surface area contributed by atoms with Gasteiger partial charge in [0.1, 0.15) is 0 Å². The van der Waals surface area contributed by atoms with Gasteiger partial charge in [-0.25, -0.2) is 0 Å². The van der Waals surface area contributed by atoms with Crippen LogP contribution in [0.15, 0.2) is 12.1 Å². The summed E-state index contributed by atoms with van der Waals surface area (Å²) in [4.78, 5) is 19.4. The Hall–Kier alpha value is -0.950. The van der Waals surface area contributed by atoms with Gasteiger partial charge in [-0.3, -0.25) is 9.69 Å². The van der Waals surface area contributed by atoms with Crippen LogP contribution in [0.25, 0.3) is 0 Å². The van der Waals surface area contributed by atoms with E-state index in [2.05, 4.69) is 9.80 Å². The predicted molar refractivity (Wildman–Crippen MR) is 91.1 cm³/mol. The molecule has 0 spiro atoms. The molecule has 1 aromatic heterocycles. The van der Waals surface area contributed by atoms with Crippen LogP contribution in [0.1, 0.15) is 21.0 Å². The van der Waals surface area contributed by atoms with Gasteiger partial charge in [0.05, 0.1) is 23.6 Å². The zero-order valence-corrected chi connectivity index (χ0v) is 15.0. The average Bonchev–Trinajstić information content (AvgIpc) is 3.17. The van der Waals surface area contributed by atoms with Crippen LogP contribution in [0.5, 0.6) is 0 Å². The van der Waals surface area contributed by atoms with Gasteiger partial charge in [0.25, 0.3) is 5.91 Å². The summed E-state index contributed by atoms with van der Waals surface area (Å²) in [5, 5.41) is 0. The van der Waals surface area contributed by atoms with Gasteiger partial charge in [0, 0.05) is 51.2 Å². The number of piperidine rings is 1. The molecule has 128 valence electrons. The van der Waals surface area contributed by atoms with Crippen molar-refractivity contribution >= 4 is 17.2 Å². The third-order valence-corrected chi connectivity index (χ3v) is 6.06. The Morgan fingerprint density at radius 2 is 2.17 bits per heavy atom. The highest BCUT2D eigenvalue weighted by atomic mass is 32.1. The minimum atomic E-state index is 0.182. The van der Waals surface area contributed by atoms with Crippen molar-refractivity contribution in [3.8, 4) is 0 Å². The van der Waals surface area contributed by atoms with E-state index in [9.17, 15) is 4.79 Å². The van der Waals surface area contributed by atoms with Crippen LogP contribution in [0.4, 0.5) is 0 Å². The lowest BCUT2D eigenvalue weighted by molar-refractivity contribution is -0.0155. The van der Waals surface area contributed by atoms with Crippen molar-refractivity contribution in [2.24, 2.45) is 5.92 Å². The van der Waals surface area contributed by atoms with Gasteiger partial charge < -0.3 is 14.4 Å². The van der Waals surface area contributed by atoms with Crippen molar-refractivity contribution in [3.05, 3.63) is 21.9 Å².